The molecule has 0 spiro atoms. The van der Waals surface area contributed by atoms with Gasteiger partial charge < -0.3 is 5.32 Å². The molecule has 0 radical (unpaired) electrons. The van der Waals surface area contributed by atoms with Crippen LogP contribution in [0.25, 0.3) is 0 Å². The summed E-state index contributed by atoms with van der Waals surface area (Å²) in [6, 6.07) is 19.9. The number of aromatic nitrogens is 3. The van der Waals surface area contributed by atoms with E-state index >= 15 is 0 Å². The summed E-state index contributed by atoms with van der Waals surface area (Å²) in [6.45, 7) is 1.07. The summed E-state index contributed by atoms with van der Waals surface area (Å²) in [4.78, 5) is 14.7. The highest BCUT2D eigenvalue weighted by molar-refractivity contribution is 5.42. The number of hydrogen-bond acceptors (Lipinski definition) is 3. The van der Waals surface area contributed by atoms with Gasteiger partial charge in [-0.3, -0.25) is 4.98 Å². The van der Waals surface area contributed by atoms with Gasteiger partial charge in [0, 0.05) is 5.69 Å². The fourth-order valence-electron chi connectivity index (χ4n) is 2.26. The molecule has 0 aliphatic rings. The second-order valence-electron chi connectivity index (χ2n) is 5.06. The Kier molecular flexibility index (Phi) is 4.34. The summed E-state index contributed by atoms with van der Waals surface area (Å²) in [6.07, 6.45) is 0.789. The summed E-state index contributed by atoms with van der Waals surface area (Å²) in [5.74, 6) is 0.641. The summed E-state index contributed by atoms with van der Waals surface area (Å²) in [7, 11) is 0. The molecule has 0 bridgehead atoms. The van der Waals surface area contributed by atoms with Gasteiger partial charge in [-0.15, -0.1) is 0 Å². The lowest BCUT2D eigenvalue weighted by Gasteiger charge is -2.03. The lowest BCUT2D eigenvalue weighted by Crippen LogP contribution is -2.19. The van der Waals surface area contributed by atoms with Crippen molar-refractivity contribution in [2.45, 2.75) is 19.5 Å². The van der Waals surface area contributed by atoms with Crippen molar-refractivity contribution in [2.24, 2.45) is 0 Å². The van der Waals surface area contributed by atoms with Crippen molar-refractivity contribution >= 4 is 5.69 Å². The lowest BCUT2D eigenvalue weighted by molar-refractivity contribution is 0.588. The molecular weight excluding hydrogens is 276 g/mol. The van der Waals surface area contributed by atoms with Gasteiger partial charge in [0.2, 0.25) is 0 Å². The van der Waals surface area contributed by atoms with E-state index in [1.165, 1.54) is 10.2 Å². The smallest absolute Gasteiger partial charge is 0.343 e. The van der Waals surface area contributed by atoms with Crippen LogP contribution in [0, 0.1) is 0 Å². The molecule has 0 unspecified atom stereocenters. The van der Waals surface area contributed by atoms with Gasteiger partial charge in [0.1, 0.15) is 5.82 Å². The molecule has 0 saturated carbocycles. The van der Waals surface area contributed by atoms with Crippen molar-refractivity contribution in [2.75, 3.05) is 5.32 Å². The predicted octanol–water partition coefficient (Wildman–Crippen LogP) is 2.43. The Bertz CT molecular complexity index is 762. The Morgan fingerprint density at radius 1 is 1.00 bits per heavy atom. The van der Waals surface area contributed by atoms with Gasteiger partial charge >= 0.3 is 5.69 Å². The average Bonchev–Trinajstić information content (AvgIpc) is 2.93. The first-order valence-electron chi connectivity index (χ1n) is 7.30. The standard InChI is InChI=1S/C17H18N4O/c22-17-19-16(13-18-15-9-5-2-6-10-15)20-21(17)12-11-14-7-3-1-4-8-14/h1-10,18H,11-13H2,(H,19,20,22). The molecule has 0 fully saturated rings. The first kappa shape index (κ1) is 14.1. The molecule has 3 rings (SSSR count). The first-order chi connectivity index (χ1) is 10.8. The topological polar surface area (TPSA) is 62.7 Å². The monoisotopic (exact) mass is 294 g/mol. The molecule has 1 heterocycles. The summed E-state index contributed by atoms with van der Waals surface area (Å²) in [5, 5.41) is 7.56. The van der Waals surface area contributed by atoms with E-state index in [2.05, 4.69) is 27.5 Å². The number of nitrogens with zero attached hydrogens (tertiary/aromatic N) is 2. The zero-order chi connectivity index (χ0) is 15.2. The molecule has 5 heteroatoms. The number of rotatable bonds is 6. The quantitative estimate of drug-likeness (QED) is 0.734. The number of hydrogen-bond donors (Lipinski definition) is 2. The van der Waals surface area contributed by atoms with Crippen molar-refractivity contribution < 1.29 is 0 Å². The van der Waals surface area contributed by atoms with Crippen LogP contribution >= 0.6 is 0 Å². The molecule has 0 aliphatic carbocycles. The van der Waals surface area contributed by atoms with Gasteiger partial charge in [0.25, 0.3) is 0 Å². The summed E-state index contributed by atoms with van der Waals surface area (Å²) in [5.41, 5.74) is 2.03. The minimum absolute atomic E-state index is 0.166. The van der Waals surface area contributed by atoms with Crippen LogP contribution in [0.3, 0.4) is 0 Å². The van der Waals surface area contributed by atoms with E-state index in [0.29, 0.717) is 18.9 Å². The predicted molar refractivity (Wildman–Crippen MR) is 86.8 cm³/mol. The van der Waals surface area contributed by atoms with Crippen LogP contribution in [0.2, 0.25) is 0 Å². The molecule has 112 valence electrons. The van der Waals surface area contributed by atoms with E-state index in [-0.39, 0.29) is 5.69 Å². The molecule has 2 aromatic carbocycles. The highest BCUT2D eigenvalue weighted by Crippen LogP contribution is 2.06. The van der Waals surface area contributed by atoms with E-state index in [9.17, 15) is 4.79 Å². The van der Waals surface area contributed by atoms with Crippen LogP contribution in [0.5, 0.6) is 0 Å². The van der Waals surface area contributed by atoms with Crippen LogP contribution < -0.4 is 11.0 Å². The van der Waals surface area contributed by atoms with Crippen molar-refractivity contribution in [1.29, 1.82) is 0 Å². The highest BCUT2D eigenvalue weighted by atomic mass is 16.1. The normalized spacial score (nSPS) is 10.5. The van der Waals surface area contributed by atoms with Crippen molar-refractivity contribution in [1.82, 2.24) is 14.8 Å². The molecular formula is C17H18N4O. The number of H-pyrrole nitrogens is 1. The Balaban J connectivity index is 1.60. The van der Waals surface area contributed by atoms with Crippen LogP contribution in [0.15, 0.2) is 65.5 Å². The minimum Gasteiger partial charge on any atom is -0.378 e. The summed E-state index contributed by atoms with van der Waals surface area (Å²) >= 11 is 0. The molecule has 2 N–H and O–H groups in total. The van der Waals surface area contributed by atoms with E-state index < -0.39 is 0 Å². The number of anilines is 1. The lowest BCUT2D eigenvalue weighted by atomic mass is 10.2. The maximum Gasteiger partial charge on any atom is 0.343 e. The molecule has 0 amide bonds. The van der Waals surface area contributed by atoms with E-state index in [0.717, 1.165) is 12.1 Å². The largest absolute Gasteiger partial charge is 0.378 e. The number of nitrogens with one attached hydrogen (secondary N) is 2. The third-order valence-corrected chi connectivity index (χ3v) is 3.42. The zero-order valence-corrected chi connectivity index (χ0v) is 12.2. The number of benzene rings is 2. The Morgan fingerprint density at radius 3 is 2.41 bits per heavy atom. The van der Waals surface area contributed by atoms with Gasteiger partial charge in [0.15, 0.2) is 0 Å². The van der Waals surface area contributed by atoms with Gasteiger partial charge in [-0.2, -0.15) is 5.10 Å². The van der Waals surface area contributed by atoms with Crippen molar-refractivity contribution in [3.63, 3.8) is 0 Å². The molecule has 1 aromatic heterocycles. The fraction of sp³-hybridized carbons (Fsp3) is 0.176. The van der Waals surface area contributed by atoms with Crippen LogP contribution in [0.1, 0.15) is 11.4 Å². The maximum atomic E-state index is 11.9. The van der Waals surface area contributed by atoms with Gasteiger partial charge in [-0.05, 0) is 24.1 Å². The second-order valence-corrected chi connectivity index (χ2v) is 5.06. The Morgan fingerprint density at radius 2 is 1.68 bits per heavy atom. The van der Waals surface area contributed by atoms with Gasteiger partial charge in [0.05, 0.1) is 13.1 Å². The Hall–Kier alpha value is -2.82. The number of para-hydroxylation sites is 1. The molecule has 0 saturated heterocycles. The van der Waals surface area contributed by atoms with Gasteiger partial charge in [-0.1, -0.05) is 48.5 Å². The Labute approximate surface area is 128 Å². The second kappa shape index (κ2) is 6.76. The highest BCUT2D eigenvalue weighted by Gasteiger charge is 2.05. The van der Waals surface area contributed by atoms with Crippen molar-refractivity contribution in [3.05, 3.63) is 82.5 Å². The molecule has 0 atom stereocenters. The third-order valence-electron chi connectivity index (χ3n) is 3.42. The molecule has 0 aliphatic heterocycles. The molecule has 3 aromatic rings. The molecule has 5 nitrogen and oxygen atoms in total. The minimum atomic E-state index is -0.166. The van der Waals surface area contributed by atoms with Crippen LogP contribution in [-0.2, 0) is 19.5 Å². The van der Waals surface area contributed by atoms with E-state index in [1.807, 2.05) is 48.5 Å². The van der Waals surface area contributed by atoms with Gasteiger partial charge in [-0.25, -0.2) is 9.48 Å². The van der Waals surface area contributed by atoms with Crippen LogP contribution in [0.4, 0.5) is 5.69 Å². The summed E-state index contributed by atoms with van der Waals surface area (Å²) < 4.78 is 1.48. The number of aryl methyl sites for hydroxylation is 2. The SMILES string of the molecule is O=c1[nH]c(CNc2ccccc2)nn1CCc1ccccc1. The van der Waals surface area contributed by atoms with Crippen molar-refractivity contribution in [3.8, 4) is 0 Å². The maximum absolute atomic E-state index is 11.9. The first-order valence-corrected chi connectivity index (χ1v) is 7.30. The van der Waals surface area contributed by atoms with Crippen LogP contribution in [-0.4, -0.2) is 14.8 Å². The molecule has 22 heavy (non-hydrogen) atoms. The van der Waals surface area contributed by atoms with E-state index in [1.54, 1.807) is 0 Å². The fourth-order valence-corrected chi connectivity index (χ4v) is 2.26. The zero-order valence-electron chi connectivity index (χ0n) is 12.2. The number of aromatic amines is 1. The third kappa shape index (κ3) is 3.63. The average molecular weight is 294 g/mol. The van der Waals surface area contributed by atoms with E-state index in [4.69, 9.17) is 0 Å².